The van der Waals surface area contributed by atoms with Crippen LogP contribution in [0.1, 0.15) is 33.4 Å². The average molecular weight is 459 g/mol. The van der Waals surface area contributed by atoms with Crippen LogP contribution < -0.4 is 20.3 Å². The third kappa shape index (κ3) is 4.71. The number of amides is 1. The largest absolute Gasteiger partial charge is 0.497 e. The molecule has 2 N–H and O–H groups in total. The lowest BCUT2D eigenvalue weighted by Gasteiger charge is -2.20. The van der Waals surface area contributed by atoms with E-state index in [1.807, 2.05) is 42.8 Å². The molecule has 4 aromatic rings. The number of aromatic amines is 1. The second kappa shape index (κ2) is 9.66. The van der Waals surface area contributed by atoms with Crippen LogP contribution in [0.15, 0.2) is 71.8 Å². The summed E-state index contributed by atoms with van der Waals surface area (Å²) in [6.07, 6.45) is 3.44. The van der Waals surface area contributed by atoms with E-state index >= 15 is 0 Å². The number of carbonyl (C=O) groups is 1. The minimum absolute atomic E-state index is 0.00507. The van der Waals surface area contributed by atoms with Crippen molar-refractivity contribution in [1.82, 2.24) is 19.9 Å². The molecule has 0 saturated carbocycles. The van der Waals surface area contributed by atoms with Gasteiger partial charge >= 0.3 is 0 Å². The highest BCUT2D eigenvalue weighted by Gasteiger charge is 2.24. The minimum atomic E-state index is -0.646. The van der Waals surface area contributed by atoms with Gasteiger partial charge in [-0.05, 0) is 48.4 Å². The molecule has 0 saturated heterocycles. The Balaban J connectivity index is 1.70. The van der Waals surface area contributed by atoms with Crippen LogP contribution in [0.25, 0.3) is 11.3 Å². The SMILES string of the molecule is COc1cc(OC)cc(C(NC(=O)c2ccc(-c3cccc(C)c3)[nH]c2=O)c2nccn2C)c1. The number of rotatable bonds is 7. The third-order valence-electron chi connectivity index (χ3n) is 5.58. The summed E-state index contributed by atoms with van der Waals surface area (Å²) in [6, 6.07) is 15.7. The summed E-state index contributed by atoms with van der Waals surface area (Å²) < 4.78 is 12.6. The molecule has 0 bridgehead atoms. The number of hydrogen-bond donors (Lipinski definition) is 2. The number of nitrogens with one attached hydrogen (secondary N) is 2. The second-order valence-corrected chi connectivity index (χ2v) is 7.93. The van der Waals surface area contributed by atoms with E-state index < -0.39 is 17.5 Å². The summed E-state index contributed by atoms with van der Waals surface area (Å²) in [6.45, 7) is 1.98. The predicted molar refractivity (Wildman–Crippen MR) is 129 cm³/mol. The standard InChI is InChI=1S/C26H26N4O4/c1-16-6-5-7-17(12-16)22-9-8-21(25(31)28-22)26(32)29-23(24-27-10-11-30(24)2)18-13-19(33-3)15-20(14-18)34-4/h5-15,23H,1-4H3,(H,28,31)(H,29,32). The van der Waals surface area contributed by atoms with Crippen LogP contribution in [0, 0.1) is 6.92 Å². The zero-order valence-electron chi connectivity index (χ0n) is 19.5. The molecule has 0 aliphatic heterocycles. The Hall–Kier alpha value is -4.33. The molecular formula is C26H26N4O4. The Bertz CT molecular complexity index is 1370. The van der Waals surface area contributed by atoms with Gasteiger partial charge in [0, 0.05) is 31.2 Å². The Kier molecular flexibility index (Phi) is 6.49. The Morgan fingerprint density at radius 2 is 1.79 bits per heavy atom. The zero-order valence-corrected chi connectivity index (χ0v) is 19.5. The van der Waals surface area contributed by atoms with Gasteiger partial charge in [0.2, 0.25) is 0 Å². The summed E-state index contributed by atoms with van der Waals surface area (Å²) >= 11 is 0. The third-order valence-corrected chi connectivity index (χ3v) is 5.58. The lowest BCUT2D eigenvalue weighted by Crippen LogP contribution is -2.34. The Labute approximate surface area is 197 Å². The number of ether oxygens (including phenoxy) is 2. The van der Waals surface area contributed by atoms with E-state index in [0.717, 1.165) is 11.1 Å². The van der Waals surface area contributed by atoms with Gasteiger partial charge in [-0.25, -0.2) is 4.98 Å². The summed E-state index contributed by atoms with van der Waals surface area (Å²) in [4.78, 5) is 33.3. The van der Waals surface area contributed by atoms with Gasteiger partial charge in [-0.15, -0.1) is 0 Å². The van der Waals surface area contributed by atoms with Gasteiger partial charge in [0.05, 0.1) is 14.2 Å². The lowest BCUT2D eigenvalue weighted by atomic mass is 10.0. The van der Waals surface area contributed by atoms with Crippen LogP contribution in [0.3, 0.4) is 0 Å². The topological polar surface area (TPSA) is 98.2 Å². The highest BCUT2D eigenvalue weighted by molar-refractivity contribution is 5.94. The molecule has 2 aromatic heterocycles. The molecule has 8 nitrogen and oxygen atoms in total. The Morgan fingerprint density at radius 1 is 1.06 bits per heavy atom. The maximum absolute atomic E-state index is 13.2. The fourth-order valence-electron chi connectivity index (χ4n) is 3.79. The summed E-state index contributed by atoms with van der Waals surface area (Å²) in [5, 5.41) is 2.95. The molecule has 0 spiro atoms. The first kappa shape index (κ1) is 22.8. The molecule has 0 aliphatic rings. The molecule has 8 heteroatoms. The molecule has 1 unspecified atom stereocenters. The van der Waals surface area contributed by atoms with Crippen molar-refractivity contribution in [3.05, 3.63) is 99.9 Å². The minimum Gasteiger partial charge on any atom is -0.497 e. The number of pyridine rings is 1. The molecule has 0 radical (unpaired) electrons. The molecule has 1 atom stereocenters. The number of aromatic nitrogens is 3. The van der Waals surface area contributed by atoms with Crippen LogP contribution in [-0.4, -0.2) is 34.7 Å². The predicted octanol–water partition coefficient (Wildman–Crippen LogP) is 3.62. The van der Waals surface area contributed by atoms with Gasteiger partial charge in [0.15, 0.2) is 0 Å². The first-order chi connectivity index (χ1) is 16.4. The number of methoxy groups -OCH3 is 2. The van der Waals surface area contributed by atoms with Gasteiger partial charge < -0.3 is 24.3 Å². The number of carbonyl (C=O) groups excluding carboxylic acids is 1. The van der Waals surface area contributed by atoms with Crippen LogP contribution in [0.5, 0.6) is 11.5 Å². The van der Waals surface area contributed by atoms with Crippen molar-refractivity contribution < 1.29 is 14.3 Å². The van der Waals surface area contributed by atoms with E-state index in [2.05, 4.69) is 15.3 Å². The molecule has 2 heterocycles. The average Bonchev–Trinajstić information content (AvgIpc) is 3.27. The molecule has 2 aromatic carbocycles. The van der Waals surface area contributed by atoms with Crippen LogP contribution in [0.4, 0.5) is 0 Å². The number of imidazole rings is 1. The van der Waals surface area contributed by atoms with E-state index in [-0.39, 0.29) is 5.56 Å². The summed E-state index contributed by atoms with van der Waals surface area (Å²) in [5.41, 5.74) is 2.82. The van der Waals surface area contributed by atoms with Gasteiger partial charge in [0.25, 0.3) is 11.5 Å². The van der Waals surface area contributed by atoms with Crippen LogP contribution >= 0.6 is 0 Å². The van der Waals surface area contributed by atoms with Crippen molar-refractivity contribution in [2.45, 2.75) is 13.0 Å². The van der Waals surface area contributed by atoms with Crippen molar-refractivity contribution in [2.24, 2.45) is 7.05 Å². The monoisotopic (exact) mass is 458 g/mol. The first-order valence-electron chi connectivity index (χ1n) is 10.7. The molecule has 0 fully saturated rings. The van der Waals surface area contributed by atoms with Crippen molar-refractivity contribution >= 4 is 5.91 Å². The zero-order chi connectivity index (χ0) is 24.2. The van der Waals surface area contributed by atoms with E-state index in [4.69, 9.17) is 9.47 Å². The fraction of sp³-hybridized carbons (Fsp3) is 0.192. The van der Waals surface area contributed by atoms with Crippen LogP contribution in [0.2, 0.25) is 0 Å². The lowest BCUT2D eigenvalue weighted by molar-refractivity contribution is 0.0939. The van der Waals surface area contributed by atoms with Crippen LogP contribution in [-0.2, 0) is 7.05 Å². The summed E-state index contributed by atoms with van der Waals surface area (Å²) in [5.74, 6) is 1.22. The second-order valence-electron chi connectivity index (χ2n) is 7.93. The Morgan fingerprint density at radius 3 is 2.38 bits per heavy atom. The number of benzene rings is 2. The maximum atomic E-state index is 13.2. The van der Waals surface area contributed by atoms with Crippen molar-refractivity contribution in [1.29, 1.82) is 0 Å². The van der Waals surface area contributed by atoms with E-state index in [0.29, 0.717) is 28.6 Å². The highest BCUT2D eigenvalue weighted by atomic mass is 16.5. The van der Waals surface area contributed by atoms with Gasteiger partial charge in [-0.1, -0.05) is 23.8 Å². The smallest absolute Gasteiger partial charge is 0.261 e. The highest BCUT2D eigenvalue weighted by Crippen LogP contribution is 2.29. The van der Waals surface area contributed by atoms with E-state index in [1.165, 1.54) is 6.07 Å². The van der Waals surface area contributed by atoms with E-state index in [9.17, 15) is 9.59 Å². The normalized spacial score (nSPS) is 11.6. The molecule has 34 heavy (non-hydrogen) atoms. The molecule has 0 aliphatic carbocycles. The maximum Gasteiger partial charge on any atom is 0.261 e. The fourth-order valence-corrected chi connectivity index (χ4v) is 3.79. The van der Waals surface area contributed by atoms with Crippen molar-refractivity contribution in [3.63, 3.8) is 0 Å². The molecule has 4 rings (SSSR count). The van der Waals surface area contributed by atoms with Gasteiger partial charge in [-0.2, -0.15) is 0 Å². The number of nitrogens with zero attached hydrogens (tertiary/aromatic N) is 2. The summed E-state index contributed by atoms with van der Waals surface area (Å²) in [7, 11) is 4.95. The number of H-pyrrole nitrogens is 1. The number of hydrogen-bond acceptors (Lipinski definition) is 5. The quantitative estimate of drug-likeness (QED) is 0.441. The van der Waals surface area contributed by atoms with Crippen molar-refractivity contribution in [2.75, 3.05) is 14.2 Å². The van der Waals surface area contributed by atoms with Crippen molar-refractivity contribution in [3.8, 4) is 22.8 Å². The van der Waals surface area contributed by atoms with Gasteiger partial charge in [-0.3, -0.25) is 9.59 Å². The first-order valence-corrected chi connectivity index (χ1v) is 10.7. The molecule has 1 amide bonds. The molecular weight excluding hydrogens is 432 g/mol. The van der Waals surface area contributed by atoms with Gasteiger partial charge in [0.1, 0.15) is 28.9 Å². The number of aryl methyl sites for hydroxylation is 2. The van der Waals surface area contributed by atoms with E-state index in [1.54, 1.807) is 50.9 Å². The molecule has 174 valence electrons.